The number of alkyl halides is 1. The van der Waals surface area contributed by atoms with Crippen LogP contribution in [0.1, 0.15) is 51.1 Å². The maximum Gasteiger partial charge on any atom is 0.160 e. The van der Waals surface area contributed by atoms with E-state index in [-0.39, 0.29) is 6.04 Å². The molecule has 2 fully saturated rings. The highest BCUT2D eigenvalue weighted by Gasteiger charge is 2.28. The van der Waals surface area contributed by atoms with Crippen molar-refractivity contribution in [2.24, 2.45) is 11.7 Å². The zero-order valence-corrected chi connectivity index (χ0v) is 20.7. The van der Waals surface area contributed by atoms with Gasteiger partial charge < -0.3 is 20.7 Å². The number of fused-ring (bicyclic) bond motifs is 1. The molecule has 35 heavy (non-hydrogen) atoms. The first-order valence-electron chi connectivity index (χ1n) is 12.8. The van der Waals surface area contributed by atoms with Crippen LogP contribution < -0.4 is 16.0 Å². The van der Waals surface area contributed by atoms with Gasteiger partial charge in [-0.15, -0.1) is 0 Å². The smallest absolute Gasteiger partial charge is 0.160 e. The topological polar surface area (TPSA) is 94.1 Å². The summed E-state index contributed by atoms with van der Waals surface area (Å²) in [6.07, 6.45) is 7.57. The summed E-state index contributed by atoms with van der Waals surface area (Å²) in [4.78, 5) is 11.7. The molecule has 2 saturated heterocycles. The van der Waals surface area contributed by atoms with Crippen LogP contribution in [0, 0.1) is 5.92 Å². The van der Waals surface area contributed by atoms with E-state index in [4.69, 9.17) is 20.4 Å². The lowest BCUT2D eigenvalue weighted by Gasteiger charge is -2.36. The monoisotopic (exact) mass is 481 g/mol. The van der Waals surface area contributed by atoms with Gasteiger partial charge in [0, 0.05) is 55.7 Å². The van der Waals surface area contributed by atoms with Crippen molar-refractivity contribution >= 4 is 28.4 Å². The molecule has 188 valence electrons. The number of aromatic nitrogens is 4. The van der Waals surface area contributed by atoms with E-state index in [0.717, 1.165) is 55.6 Å². The van der Waals surface area contributed by atoms with Crippen LogP contribution in [-0.2, 0) is 11.2 Å². The summed E-state index contributed by atoms with van der Waals surface area (Å²) in [5.41, 5.74) is 9.23. The second-order valence-corrected chi connectivity index (χ2v) is 10.1. The Labute approximate surface area is 206 Å². The molecule has 0 unspecified atom stereocenters. The number of nitrogens with one attached hydrogen (secondary N) is 1. The maximum absolute atomic E-state index is 14.1. The Bertz CT molecular complexity index is 1140. The average Bonchev–Trinajstić information content (AvgIpc) is 3.29. The molecule has 0 aliphatic carbocycles. The molecule has 0 saturated carbocycles. The lowest BCUT2D eigenvalue weighted by Crippen LogP contribution is -2.50. The Hall–Kier alpha value is -2.78. The Morgan fingerprint density at radius 2 is 2.00 bits per heavy atom. The summed E-state index contributed by atoms with van der Waals surface area (Å²) in [6, 6.07) is 5.77. The summed E-state index contributed by atoms with van der Waals surface area (Å²) >= 11 is 0. The number of nitrogens with zero attached hydrogens (tertiary/aromatic N) is 5. The second kappa shape index (κ2) is 10.5. The van der Waals surface area contributed by atoms with Gasteiger partial charge in [0.25, 0.3) is 0 Å². The minimum atomic E-state index is -0.946. The van der Waals surface area contributed by atoms with Gasteiger partial charge in [0.05, 0.1) is 12.2 Å². The zero-order valence-electron chi connectivity index (χ0n) is 20.7. The Morgan fingerprint density at radius 3 is 2.77 bits per heavy atom. The number of ether oxygens (including phenoxy) is 1. The Morgan fingerprint density at radius 1 is 1.17 bits per heavy atom. The van der Waals surface area contributed by atoms with E-state index in [0.29, 0.717) is 37.1 Å². The quantitative estimate of drug-likeness (QED) is 0.517. The fourth-order valence-electron chi connectivity index (χ4n) is 5.10. The van der Waals surface area contributed by atoms with Crippen molar-refractivity contribution in [3.63, 3.8) is 0 Å². The molecule has 3 aromatic rings. The molecule has 8 nitrogen and oxygen atoms in total. The summed E-state index contributed by atoms with van der Waals surface area (Å²) in [5, 5.41) is 8.83. The second-order valence-electron chi connectivity index (χ2n) is 10.1. The molecular weight excluding hydrogens is 445 g/mol. The van der Waals surface area contributed by atoms with Crippen LogP contribution in [0.3, 0.4) is 0 Å². The number of nitrogens with two attached hydrogens (primary N) is 1. The lowest BCUT2D eigenvalue weighted by molar-refractivity contribution is 0.0640. The van der Waals surface area contributed by atoms with Crippen LogP contribution in [-0.4, -0.2) is 58.3 Å². The van der Waals surface area contributed by atoms with Gasteiger partial charge in [0.15, 0.2) is 5.65 Å². The molecule has 0 bridgehead atoms. The van der Waals surface area contributed by atoms with Crippen LogP contribution in [0.4, 0.5) is 21.7 Å². The van der Waals surface area contributed by atoms with Crippen LogP contribution >= 0.6 is 0 Å². The van der Waals surface area contributed by atoms with Gasteiger partial charge in [-0.05, 0) is 69.6 Å². The molecule has 0 spiro atoms. The third kappa shape index (κ3) is 5.41. The van der Waals surface area contributed by atoms with Crippen LogP contribution in [0.25, 0.3) is 11.0 Å². The van der Waals surface area contributed by atoms with E-state index in [9.17, 15) is 4.39 Å². The number of hydrogen-bond acceptors (Lipinski definition) is 7. The van der Waals surface area contributed by atoms with E-state index in [1.54, 1.807) is 0 Å². The third-order valence-corrected chi connectivity index (χ3v) is 7.22. The molecule has 5 heterocycles. The highest BCUT2D eigenvalue weighted by molar-refractivity contribution is 5.77. The lowest BCUT2D eigenvalue weighted by atomic mass is 9.92. The summed E-state index contributed by atoms with van der Waals surface area (Å²) in [6.45, 7) is 7.04. The Kier molecular flexibility index (Phi) is 7.15. The molecule has 2 aliphatic rings. The van der Waals surface area contributed by atoms with Gasteiger partial charge >= 0.3 is 0 Å². The van der Waals surface area contributed by atoms with E-state index in [2.05, 4.69) is 35.2 Å². The van der Waals surface area contributed by atoms with Gasteiger partial charge in [0.1, 0.15) is 17.8 Å². The number of piperidine rings is 1. The van der Waals surface area contributed by atoms with Gasteiger partial charge in [-0.25, -0.2) is 19.0 Å². The molecule has 0 amide bonds. The molecule has 2 aliphatic heterocycles. The van der Waals surface area contributed by atoms with E-state index >= 15 is 0 Å². The van der Waals surface area contributed by atoms with Crippen molar-refractivity contribution in [1.82, 2.24) is 19.7 Å². The number of pyridine rings is 2. The van der Waals surface area contributed by atoms with Crippen LogP contribution in [0.15, 0.2) is 30.6 Å². The molecule has 9 heteroatoms. The summed E-state index contributed by atoms with van der Waals surface area (Å²) < 4.78 is 21.5. The van der Waals surface area contributed by atoms with Crippen molar-refractivity contribution in [3.05, 3.63) is 36.2 Å². The van der Waals surface area contributed by atoms with Gasteiger partial charge in [-0.2, -0.15) is 5.10 Å². The first-order chi connectivity index (χ1) is 17.0. The maximum atomic E-state index is 14.1. The highest BCUT2D eigenvalue weighted by atomic mass is 19.1. The largest absolute Gasteiger partial charge is 0.381 e. The molecule has 2 atom stereocenters. The third-order valence-electron chi connectivity index (χ3n) is 7.22. The zero-order chi connectivity index (χ0) is 24.4. The number of rotatable bonds is 7. The molecule has 3 aromatic heterocycles. The number of hydrogen-bond donors (Lipinski definition) is 2. The predicted octanol–water partition coefficient (Wildman–Crippen LogP) is 4.39. The van der Waals surface area contributed by atoms with E-state index in [1.807, 2.05) is 29.2 Å². The SMILES string of the molecule is CC(C)n1ncc2ccc(Nc3cc(N4CC[C@@H](F)[C@H](N)C4)c(CCC4CCOCC4)cn3)nc21. The van der Waals surface area contributed by atoms with E-state index < -0.39 is 12.2 Å². The molecule has 5 rings (SSSR count). The fourth-order valence-corrected chi connectivity index (χ4v) is 5.10. The van der Waals surface area contributed by atoms with Gasteiger partial charge in [-0.3, -0.25) is 0 Å². The standard InChI is InChI=1S/C26H36FN7O/c1-17(2)34-26-20(15-30-34)5-6-24(32-26)31-25-13-23(33-10-7-21(27)22(28)16-33)19(14-29-25)4-3-18-8-11-35-12-9-18/h5-6,13-15,17-18,21-22H,3-4,7-12,16,28H2,1-2H3,(H,29,31,32)/t21-,22-/m1/s1. The van der Waals surface area contributed by atoms with Crippen molar-refractivity contribution in [3.8, 4) is 0 Å². The normalized spacial score (nSPS) is 21.7. The van der Waals surface area contributed by atoms with Gasteiger partial charge in [0.2, 0.25) is 0 Å². The van der Waals surface area contributed by atoms with Gasteiger partial charge in [-0.1, -0.05) is 0 Å². The molecule has 3 N–H and O–H groups in total. The van der Waals surface area contributed by atoms with Crippen molar-refractivity contribution < 1.29 is 9.13 Å². The number of aryl methyl sites for hydroxylation is 1. The predicted molar refractivity (Wildman–Crippen MR) is 137 cm³/mol. The summed E-state index contributed by atoms with van der Waals surface area (Å²) in [7, 11) is 0. The minimum Gasteiger partial charge on any atom is -0.381 e. The first-order valence-corrected chi connectivity index (χ1v) is 12.8. The first kappa shape index (κ1) is 23.9. The Balaban J connectivity index is 1.40. The number of anilines is 3. The fraction of sp³-hybridized carbons (Fsp3) is 0.577. The van der Waals surface area contributed by atoms with Crippen LogP contribution in [0.5, 0.6) is 0 Å². The van der Waals surface area contributed by atoms with Crippen molar-refractivity contribution in [1.29, 1.82) is 0 Å². The van der Waals surface area contributed by atoms with Crippen molar-refractivity contribution in [2.75, 3.05) is 36.5 Å². The highest BCUT2D eigenvalue weighted by Crippen LogP contribution is 2.31. The molecule has 0 aromatic carbocycles. The number of halogens is 1. The van der Waals surface area contributed by atoms with Crippen molar-refractivity contribution in [2.45, 2.75) is 64.2 Å². The summed E-state index contributed by atoms with van der Waals surface area (Å²) in [5.74, 6) is 2.11. The minimum absolute atomic E-state index is 0.220. The van der Waals surface area contributed by atoms with Crippen LogP contribution in [0.2, 0.25) is 0 Å². The average molecular weight is 482 g/mol. The van der Waals surface area contributed by atoms with E-state index in [1.165, 1.54) is 5.56 Å². The molecular formula is C26H36FN7O. The molecule has 0 radical (unpaired) electrons.